The first-order valence-corrected chi connectivity index (χ1v) is 10.6. The summed E-state index contributed by atoms with van der Waals surface area (Å²) in [6.07, 6.45) is 0. The molecule has 2 heterocycles. The fourth-order valence-electron chi connectivity index (χ4n) is 3.66. The van der Waals surface area contributed by atoms with E-state index in [1.54, 1.807) is 38.1 Å². The number of hydrogen-bond donors (Lipinski definition) is 1. The van der Waals surface area contributed by atoms with E-state index in [-0.39, 0.29) is 29.6 Å². The summed E-state index contributed by atoms with van der Waals surface area (Å²) in [4.78, 5) is 30.5. The topological polar surface area (TPSA) is 108 Å². The number of carbonyl (C=O) groups is 1. The average Bonchev–Trinajstić information content (AvgIpc) is 3.32. The maximum Gasteiger partial charge on any atom is 0.264 e. The van der Waals surface area contributed by atoms with Gasteiger partial charge in [-0.05, 0) is 61.9 Å². The molecule has 0 spiro atoms. The highest BCUT2D eigenvalue weighted by molar-refractivity contribution is 5.92. The van der Waals surface area contributed by atoms with E-state index in [1.165, 1.54) is 43.1 Å². The average molecular weight is 478 g/mol. The first-order chi connectivity index (χ1) is 16.8. The Kier molecular flexibility index (Phi) is 6.63. The minimum absolute atomic E-state index is 0.0119. The monoisotopic (exact) mass is 478 g/mol. The second-order valence-corrected chi connectivity index (χ2v) is 7.78. The summed E-state index contributed by atoms with van der Waals surface area (Å²) >= 11 is 0. The molecule has 4 aromatic rings. The van der Waals surface area contributed by atoms with Crippen LogP contribution in [0.15, 0.2) is 57.8 Å². The van der Waals surface area contributed by atoms with Crippen molar-refractivity contribution in [2.75, 3.05) is 19.5 Å². The summed E-state index contributed by atoms with van der Waals surface area (Å²) in [6.45, 7) is 3.24. The number of anilines is 1. The van der Waals surface area contributed by atoms with Crippen molar-refractivity contribution in [3.63, 3.8) is 0 Å². The zero-order chi connectivity index (χ0) is 25.1. The van der Waals surface area contributed by atoms with Crippen molar-refractivity contribution in [2.45, 2.75) is 20.4 Å². The summed E-state index contributed by atoms with van der Waals surface area (Å²) < 4.78 is 30.4. The van der Waals surface area contributed by atoms with E-state index < -0.39 is 11.5 Å². The van der Waals surface area contributed by atoms with Gasteiger partial charge in [0.15, 0.2) is 0 Å². The highest BCUT2D eigenvalue weighted by atomic mass is 19.1. The highest BCUT2D eigenvalue weighted by Crippen LogP contribution is 2.29. The van der Waals surface area contributed by atoms with E-state index in [4.69, 9.17) is 14.0 Å². The molecule has 0 aliphatic heterocycles. The minimum atomic E-state index is -0.450. The van der Waals surface area contributed by atoms with Gasteiger partial charge in [0.25, 0.3) is 11.4 Å². The van der Waals surface area contributed by atoms with Crippen LogP contribution in [0.5, 0.6) is 11.5 Å². The fourth-order valence-corrected chi connectivity index (χ4v) is 3.66. The predicted octanol–water partition coefficient (Wildman–Crippen LogP) is 3.98. The Balaban J connectivity index is 1.63. The van der Waals surface area contributed by atoms with Gasteiger partial charge in [-0.1, -0.05) is 5.16 Å². The van der Waals surface area contributed by atoms with Crippen LogP contribution < -0.4 is 20.3 Å². The van der Waals surface area contributed by atoms with Gasteiger partial charge in [0, 0.05) is 17.3 Å². The van der Waals surface area contributed by atoms with E-state index in [0.717, 1.165) is 0 Å². The van der Waals surface area contributed by atoms with Crippen LogP contribution in [0, 0.1) is 19.7 Å². The van der Waals surface area contributed by atoms with Gasteiger partial charge < -0.3 is 23.9 Å². The molecule has 180 valence electrons. The van der Waals surface area contributed by atoms with Crippen LogP contribution in [0.1, 0.15) is 11.3 Å². The number of carbonyl (C=O) groups excluding carboxylic acids is 1. The van der Waals surface area contributed by atoms with Crippen LogP contribution in [0.2, 0.25) is 0 Å². The molecular formula is C25H23FN4O5. The molecule has 0 aliphatic carbocycles. The molecule has 0 atom stereocenters. The maximum atomic E-state index is 13.4. The van der Waals surface area contributed by atoms with E-state index in [9.17, 15) is 14.0 Å². The molecule has 1 amide bonds. The standard InChI is InChI=1S/C25H23FN4O5/c1-14-11-15(2)30(13-21(31)27-19-10-9-18(33-3)12-20(19)34-4)25(32)22(14)24-28-23(29-35-24)16-5-7-17(26)8-6-16/h5-12H,13H2,1-4H3,(H,27,31). The first kappa shape index (κ1) is 23.7. The second kappa shape index (κ2) is 9.80. The third-order valence-electron chi connectivity index (χ3n) is 5.43. The van der Waals surface area contributed by atoms with Crippen molar-refractivity contribution < 1.29 is 23.2 Å². The van der Waals surface area contributed by atoms with Crippen molar-refractivity contribution in [2.24, 2.45) is 0 Å². The largest absolute Gasteiger partial charge is 0.497 e. The smallest absolute Gasteiger partial charge is 0.264 e. The number of hydrogen-bond acceptors (Lipinski definition) is 7. The Bertz CT molecular complexity index is 1440. The summed E-state index contributed by atoms with van der Waals surface area (Å²) in [5.74, 6) is 0.416. The van der Waals surface area contributed by atoms with Gasteiger partial charge in [-0.15, -0.1) is 0 Å². The molecule has 0 unspecified atom stereocenters. The summed E-state index contributed by atoms with van der Waals surface area (Å²) in [7, 11) is 3.01. The first-order valence-electron chi connectivity index (χ1n) is 10.6. The van der Waals surface area contributed by atoms with Gasteiger partial charge in [-0.3, -0.25) is 9.59 Å². The van der Waals surface area contributed by atoms with Crippen molar-refractivity contribution in [3.05, 3.63) is 76.0 Å². The molecule has 4 rings (SSSR count). The zero-order valence-electron chi connectivity index (χ0n) is 19.6. The van der Waals surface area contributed by atoms with Crippen LogP contribution in [0.3, 0.4) is 0 Å². The molecule has 2 aromatic heterocycles. The fraction of sp³-hybridized carbons (Fsp3) is 0.200. The van der Waals surface area contributed by atoms with Gasteiger partial charge in [-0.2, -0.15) is 4.98 Å². The Morgan fingerprint density at radius 1 is 1.09 bits per heavy atom. The lowest BCUT2D eigenvalue weighted by molar-refractivity contribution is -0.116. The quantitative estimate of drug-likeness (QED) is 0.428. The molecule has 1 N–H and O–H groups in total. The molecule has 10 heteroatoms. The molecule has 2 aromatic carbocycles. The highest BCUT2D eigenvalue weighted by Gasteiger charge is 2.20. The Morgan fingerprint density at radius 2 is 1.83 bits per heavy atom. The summed E-state index contributed by atoms with van der Waals surface area (Å²) in [5.41, 5.74) is 1.93. The number of halogens is 1. The third-order valence-corrected chi connectivity index (χ3v) is 5.43. The molecule has 0 aliphatic rings. The van der Waals surface area contributed by atoms with E-state index in [0.29, 0.717) is 34.0 Å². The summed E-state index contributed by atoms with van der Waals surface area (Å²) in [6, 6.07) is 12.3. The molecule has 9 nitrogen and oxygen atoms in total. The number of aromatic nitrogens is 3. The molecule has 0 saturated carbocycles. The number of benzene rings is 2. The van der Waals surface area contributed by atoms with E-state index in [2.05, 4.69) is 15.5 Å². The lowest BCUT2D eigenvalue weighted by atomic mass is 10.1. The van der Waals surface area contributed by atoms with Crippen LogP contribution in [0.25, 0.3) is 22.8 Å². The lowest BCUT2D eigenvalue weighted by Gasteiger charge is -2.15. The molecule has 0 bridgehead atoms. The van der Waals surface area contributed by atoms with Crippen LogP contribution in [-0.2, 0) is 11.3 Å². The Morgan fingerprint density at radius 3 is 2.51 bits per heavy atom. The Labute approximate surface area is 200 Å². The second-order valence-electron chi connectivity index (χ2n) is 7.78. The van der Waals surface area contributed by atoms with Crippen molar-refractivity contribution in [1.82, 2.24) is 14.7 Å². The number of rotatable bonds is 7. The molecule has 35 heavy (non-hydrogen) atoms. The molecule has 0 radical (unpaired) electrons. The number of methoxy groups -OCH3 is 2. The van der Waals surface area contributed by atoms with Gasteiger partial charge in [-0.25, -0.2) is 4.39 Å². The lowest BCUT2D eigenvalue weighted by Crippen LogP contribution is -2.30. The number of nitrogens with zero attached hydrogens (tertiary/aromatic N) is 3. The number of aryl methyl sites for hydroxylation is 2. The van der Waals surface area contributed by atoms with Crippen molar-refractivity contribution in [3.8, 4) is 34.3 Å². The normalized spacial score (nSPS) is 10.8. The minimum Gasteiger partial charge on any atom is -0.497 e. The van der Waals surface area contributed by atoms with Gasteiger partial charge >= 0.3 is 0 Å². The predicted molar refractivity (Wildman–Crippen MR) is 127 cm³/mol. The summed E-state index contributed by atoms with van der Waals surface area (Å²) in [5, 5.41) is 6.68. The Hall–Kier alpha value is -4.47. The number of nitrogens with one attached hydrogen (secondary N) is 1. The number of amides is 1. The van der Waals surface area contributed by atoms with Crippen LogP contribution in [0.4, 0.5) is 10.1 Å². The number of ether oxygens (including phenoxy) is 2. The van der Waals surface area contributed by atoms with Crippen LogP contribution >= 0.6 is 0 Å². The van der Waals surface area contributed by atoms with Crippen molar-refractivity contribution in [1.29, 1.82) is 0 Å². The molecule has 0 fully saturated rings. The number of pyridine rings is 1. The third kappa shape index (κ3) is 4.91. The van der Waals surface area contributed by atoms with Gasteiger partial charge in [0.2, 0.25) is 11.7 Å². The maximum absolute atomic E-state index is 13.4. The molecular weight excluding hydrogens is 455 g/mol. The van der Waals surface area contributed by atoms with Gasteiger partial charge in [0.05, 0.1) is 19.9 Å². The van der Waals surface area contributed by atoms with E-state index >= 15 is 0 Å². The van der Waals surface area contributed by atoms with Crippen molar-refractivity contribution >= 4 is 11.6 Å². The van der Waals surface area contributed by atoms with E-state index in [1.807, 2.05) is 0 Å². The van der Waals surface area contributed by atoms with Gasteiger partial charge in [0.1, 0.15) is 29.4 Å². The SMILES string of the molecule is COc1ccc(NC(=O)Cn2c(C)cc(C)c(-c3nc(-c4ccc(F)cc4)no3)c2=O)c(OC)c1. The molecule has 0 saturated heterocycles. The zero-order valence-corrected chi connectivity index (χ0v) is 19.6. The van der Waals surface area contributed by atoms with Crippen LogP contribution in [-0.4, -0.2) is 34.8 Å².